The highest BCUT2D eigenvalue weighted by atomic mass is 14.6. The van der Waals surface area contributed by atoms with Crippen LogP contribution in [0.15, 0.2) is 24.3 Å². The van der Waals surface area contributed by atoms with Crippen LogP contribution in [0, 0.1) is 5.92 Å². The van der Waals surface area contributed by atoms with Gasteiger partial charge in [-0.25, -0.2) is 0 Å². The van der Waals surface area contributed by atoms with E-state index in [1.165, 1.54) is 11.1 Å². The molecule has 1 heteroatoms. The third kappa shape index (κ3) is 3.67. The fourth-order valence-electron chi connectivity index (χ4n) is 1.78. The molecule has 2 unspecified atom stereocenters. The lowest BCUT2D eigenvalue weighted by Gasteiger charge is -2.17. The fourth-order valence-corrected chi connectivity index (χ4v) is 1.78. The van der Waals surface area contributed by atoms with Gasteiger partial charge in [-0.15, -0.1) is 0 Å². The Kier molecular flexibility index (Phi) is 4.34. The van der Waals surface area contributed by atoms with Crippen molar-refractivity contribution in [3.63, 3.8) is 0 Å². The summed E-state index contributed by atoms with van der Waals surface area (Å²) in [6, 6.07) is 9.05. The van der Waals surface area contributed by atoms with E-state index >= 15 is 0 Å². The molecule has 0 aromatic heterocycles. The Bertz CT molecular complexity index is 302. The maximum atomic E-state index is 5.92. The van der Waals surface area contributed by atoms with Crippen molar-refractivity contribution in [1.29, 1.82) is 0 Å². The van der Waals surface area contributed by atoms with Gasteiger partial charge < -0.3 is 5.73 Å². The van der Waals surface area contributed by atoms with Crippen LogP contribution in [0.3, 0.4) is 0 Å². The summed E-state index contributed by atoms with van der Waals surface area (Å²) in [5, 5.41) is 0. The molecule has 0 spiro atoms. The lowest BCUT2D eigenvalue weighted by atomic mass is 9.92. The van der Waals surface area contributed by atoms with Gasteiger partial charge in [-0.2, -0.15) is 0 Å². The molecule has 0 heterocycles. The molecular weight excluding hydrogens is 182 g/mol. The van der Waals surface area contributed by atoms with Crippen LogP contribution in [0.2, 0.25) is 0 Å². The highest BCUT2D eigenvalue weighted by Gasteiger charge is 2.10. The van der Waals surface area contributed by atoms with Gasteiger partial charge in [0.25, 0.3) is 0 Å². The van der Waals surface area contributed by atoms with Gasteiger partial charge in [0, 0.05) is 6.04 Å². The molecule has 1 aromatic rings. The minimum absolute atomic E-state index is 0.222. The van der Waals surface area contributed by atoms with E-state index < -0.39 is 0 Å². The first-order valence-corrected chi connectivity index (χ1v) is 5.85. The van der Waals surface area contributed by atoms with Crippen LogP contribution in [0.5, 0.6) is 0 Å². The summed E-state index contributed by atoms with van der Waals surface area (Å²) in [7, 11) is 0. The van der Waals surface area contributed by atoms with Crippen molar-refractivity contribution in [2.24, 2.45) is 11.7 Å². The van der Waals surface area contributed by atoms with Crippen molar-refractivity contribution in [2.75, 3.05) is 0 Å². The standard InChI is InChI=1S/C14H23N/c1-10(2)8-13-6-5-7-14(9-13)11(3)12(4)15/h5-7,9-12H,8,15H2,1-4H3. The Morgan fingerprint density at radius 2 is 1.80 bits per heavy atom. The summed E-state index contributed by atoms with van der Waals surface area (Å²) in [6.07, 6.45) is 1.15. The normalized spacial score (nSPS) is 15.3. The van der Waals surface area contributed by atoms with Crippen molar-refractivity contribution < 1.29 is 0 Å². The second-order valence-corrected chi connectivity index (χ2v) is 4.99. The van der Waals surface area contributed by atoms with Crippen LogP contribution in [-0.4, -0.2) is 6.04 Å². The molecule has 0 aliphatic rings. The summed E-state index contributed by atoms with van der Waals surface area (Å²) in [5.74, 6) is 1.16. The van der Waals surface area contributed by atoms with Gasteiger partial charge in [0.15, 0.2) is 0 Å². The van der Waals surface area contributed by atoms with Crippen molar-refractivity contribution in [3.05, 3.63) is 35.4 Å². The average Bonchev–Trinajstić information content (AvgIpc) is 2.16. The molecular formula is C14H23N. The summed E-state index contributed by atoms with van der Waals surface area (Å²) >= 11 is 0. The zero-order valence-corrected chi connectivity index (χ0v) is 10.3. The Balaban J connectivity index is 2.82. The zero-order valence-electron chi connectivity index (χ0n) is 10.3. The van der Waals surface area contributed by atoms with E-state index in [-0.39, 0.29) is 6.04 Å². The number of rotatable bonds is 4. The first-order chi connectivity index (χ1) is 7.00. The van der Waals surface area contributed by atoms with E-state index in [9.17, 15) is 0 Å². The van der Waals surface area contributed by atoms with Gasteiger partial charge in [-0.05, 0) is 36.3 Å². The summed E-state index contributed by atoms with van der Waals surface area (Å²) < 4.78 is 0. The van der Waals surface area contributed by atoms with E-state index in [1.54, 1.807) is 0 Å². The van der Waals surface area contributed by atoms with Crippen LogP contribution in [-0.2, 0) is 6.42 Å². The maximum Gasteiger partial charge on any atom is 0.00766 e. The van der Waals surface area contributed by atoms with Crippen molar-refractivity contribution in [2.45, 2.75) is 46.1 Å². The fraction of sp³-hybridized carbons (Fsp3) is 0.571. The molecule has 0 saturated carbocycles. The molecule has 0 bridgehead atoms. The third-order valence-electron chi connectivity index (χ3n) is 2.91. The molecule has 0 fully saturated rings. The highest BCUT2D eigenvalue weighted by Crippen LogP contribution is 2.20. The van der Waals surface area contributed by atoms with Gasteiger partial charge in [0.2, 0.25) is 0 Å². The molecule has 2 atom stereocenters. The number of hydrogen-bond acceptors (Lipinski definition) is 1. The predicted octanol–water partition coefficient (Wildman–Crippen LogP) is 3.34. The van der Waals surface area contributed by atoms with Crippen LogP contribution in [0.4, 0.5) is 0 Å². The van der Waals surface area contributed by atoms with E-state index in [0.29, 0.717) is 11.8 Å². The first-order valence-electron chi connectivity index (χ1n) is 5.85. The van der Waals surface area contributed by atoms with Crippen LogP contribution < -0.4 is 5.73 Å². The number of hydrogen-bond donors (Lipinski definition) is 1. The second-order valence-electron chi connectivity index (χ2n) is 4.99. The molecule has 1 rings (SSSR count). The average molecular weight is 205 g/mol. The monoisotopic (exact) mass is 205 g/mol. The highest BCUT2D eigenvalue weighted by molar-refractivity contribution is 5.27. The number of benzene rings is 1. The molecule has 1 aromatic carbocycles. The quantitative estimate of drug-likeness (QED) is 0.801. The lowest BCUT2D eigenvalue weighted by molar-refractivity contribution is 0.609. The SMILES string of the molecule is CC(C)Cc1cccc(C(C)C(C)N)c1. The zero-order chi connectivity index (χ0) is 11.4. The minimum atomic E-state index is 0.222. The first kappa shape index (κ1) is 12.3. The molecule has 0 aliphatic heterocycles. The van der Waals surface area contributed by atoms with Crippen LogP contribution in [0.25, 0.3) is 0 Å². The largest absolute Gasteiger partial charge is 0.327 e. The molecule has 0 aliphatic carbocycles. The topological polar surface area (TPSA) is 26.0 Å². The van der Waals surface area contributed by atoms with Crippen molar-refractivity contribution in [1.82, 2.24) is 0 Å². The number of nitrogens with two attached hydrogens (primary N) is 1. The van der Waals surface area contributed by atoms with Crippen LogP contribution >= 0.6 is 0 Å². The summed E-state index contributed by atoms with van der Waals surface area (Å²) in [4.78, 5) is 0. The van der Waals surface area contributed by atoms with E-state index in [0.717, 1.165) is 6.42 Å². The molecule has 0 saturated heterocycles. The molecule has 15 heavy (non-hydrogen) atoms. The Morgan fingerprint density at radius 3 is 2.33 bits per heavy atom. The molecule has 0 radical (unpaired) electrons. The Hall–Kier alpha value is -0.820. The summed E-state index contributed by atoms with van der Waals surface area (Å²) in [5.41, 5.74) is 8.71. The Morgan fingerprint density at radius 1 is 1.13 bits per heavy atom. The van der Waals surface area contributed by atoms with E-state index in [4.69, 9.17) is 5.73 Å². The second kappa shape index (κ2) is 5.32. The van der Waals surface area contributed by atoms with E-state index in [1.807, 2.05) is 0 Å². The summed E-state index contributed by atoms with van der Waals surface area (Å²) in [6.45, 7) is 8.77. The Labute approximate surface area is 93.7 Å². The van der Waals surface area contributed by atoms with Gasteiger partial charge >= 0.3 is 0 Å². The third-order valence-corrected chi connectivity index (χ3v) is 2.91. The van der Waals surface area contributed by atoms with Gasteiger partial charge in [-0.1, -0.05) is 45.0 Å². The molecule has 84 valence electrons. The maximum absolute atomic E-state index is 5.92. The van der Waals surface area contributed by atoms with Gasteiger partial charge in [0.1, 0.15) is 0 Å². The van der Waals surface area contributed by atoms with E-state index in [2.05, 4.69) is 52.0 Å². The van der Waals surface area contributed by atoms with Gasteiger partial charge in [-0.3, -0.25) is 0 Å². The van der Waals surface area contributed by atoms with Gasteiger partial charge in [0.05, 0.1) is 0 Å². The lowest BCUT2D eigenvalue weighted by Crippen LogP contribution is -2.22. The van der Waals surface area contributed by atoms with Crippen LogP contribution in [0.1, 0.15) is 44.7 Å². The molecule has 1 nitrogen and oxygen atoms in total. The molecule has 2 N–H and O–H groups in total. The van der Waals surface area contributed by atoms with Crippen molar-refractivity contribution >= 4 is 0 Å². The smallest absolute Gasteiger partial charge is 0.00766 e. The van der Waals surface area contributed by atoms with Crippen molar-refractivity contribution in [3.8, 4) is 0 Å². The predicted molar refractivity (Wildman–Crippen MR) is 67.0 cm³/mol. The molecule has 0 amide bonds. The minimum Gasteiger partial charge on any atom is -0.327 e.